The number of nitrogens with two attached hydrogens (primary N) is 1. The highest BCUT2D eigenvalue weighted by molar-refractivity contribution is 5.79. The van der Waals surface area contributed by atoms with Crippen molar-refractivity contribution in [3.8, 4) is 5.82 Å². The third kappa shape index (κ3) is 1.88. The van der Waals surface area contributed by atoms with Crippen molar-refractivity contribution in [1.82, 2.24) is 19.7 Å². The molecule has 3 aromatic rings. The topological polar surface area (TPSA) is 69.6 Å². The zero-order chi connectivity index (χ0) is 13.4. The molecule has 0 saturated carbocycles. The normalized spacial score (nSPS) is 11.1. The van der Waals surface area contributed by atoms with Crippen LogP contribution in [0.25, 0.3) is 16.9 Å². The Balaban J connectivity index is 2.28. The van der Waals surface area contributed by atoms with Crippen LogP contribution in [-0.4, -0.2) is 19.7 Å². The Hall–Kier alpha value is -2.27. The Labute approximate surface area is 111 Å². The zero-order valence-electron chi connectivity index (χ0n) is 11.0. The Morgan fingerprint density at radius 3 is 2.79 bits per heavy atom. The summed E-state index contributed by atoms with van der Waals surface area (Å²) in [4.78, 5) is 4.43. The van der Waals surface area contributed by atoms with Gasteiger partial charge in [0.25, 0.3) is 0 Å². The minimum absolute atomic E-state index is 0.426. The summed E-state index contributed by atoms with van der Waals surface area (Å²) < 4.78 is 1.94. The molecule has 0 spiro atoms. The maximum atomic E-state index is 5.75. The van der Waals surface area contributed by atoms with E-state index >= 15 is 0 Å². The van der Waals surface area contributed by atoms with Crippen LogP contribution in [0.5, 0.6) is 0 Å². The quantitative estimate of drug-likeness (QED) is 0.757. The zero-order valence-corrected chi connectivity index (χ0v) is 11.0. The number of nitrogens with zero attached hydrogens (tertiary/aromatic N) is 4. The van der Waals surface area contributed by atoms with Gasteiger partial charge < -0.3 is 5.73 Å². The highest BCUT2D eigenvalue weighted by atomic mass is 15.2. The molecular weight excluding hydrogens is 238 g/mol. The summed E-state index contributed by atoms with van der Waals surface area (Å²) in [5, 5.41) is 8.13. The first-order valence-electron chi connectivity index (χ1n) is 6.16. The summed E-state index contributed by atoms with van der Waals surface area (Å²) in [5.74, 6) is 0.746. The molecule has 0 fully saturated rings. The monoisotopic (exact) mass is 253 g/mol. The first-order valence-corrected chi connectivity index (χ1v) is 6.16. The number of aryl methyl sites for hydroxylation is 2. The molecule has 1 aromatic carbocycles. The number of fused-ring (bicyclic) bond motifs is 1. The van der Waals surface area contributed by atoms with Gasteiger partial charge >= 0.3 is 0 Å². The van der Waals surface area contributed by atoms with Crippen molar-refractivity contribution in [2.24, 2.45) is 5.73 Å². The molecule has 0 unspecified atom stereocenters. The van der Waals surface area contributed by atoms with Gasteiger partial charge in [0.15, 0.2) is 5.82 Å². The SMILES string of the molecule is Cc1cc2ncn(-c3nnccc3CN)c2cc1C. The van der Waals surface area contributed by atoms with Gasteiger partial charge in [-0.3, -0.25) is 4.57 Å². The Morgan fingerprint density at radius 1 is 1.21 bits per heavy atom. The summed E-state index contributed by atoms with van der Waals surface area (Å²) in [6.45, 7) is 4.60. The smallest absolute Gasteiger partial charge is 0.165 e. The lowest BCUT2D eigenvalue weighted by Gasteiger charge is -2.08. The van der Waals surface area contributed by atoms with Crippen molar-refractivity contribution in [2.75, 3.05) is 0 Å². The van der Waals surface area contributed by atoms with E-state index in [4.69, 9.17) is 5.73 Å². The average Bonchev–Trinajstić information content (AvgIpc) is 2.82. The van der Waals surface area contributed by atoms with Crippen LogP contribution in [0.4, 0.5) is 0 Å². The van der Waals surface area contributed by atoms with Gasteiger partial charge in [-0.15, -0.1) is 5.10 Å². The van der Waals surface area contributed by atoms with E-state index in [0.29, 0.717) is 6.54 Å². The van der Waals surface area contributed by atoms with Gasteiger partial charge in [0, 0.05) is 12.1 Å². The van der Waals surface area contributed by atoms with E-state index < -0.39 is 0 Å². The minimum atomic E-state index is 0.426. The van der Waals surface area contributed by atoms with Gasteiger partial charge in [0.2, 0.25) is 0 Å². The van der Waals surface area contributed by atoms with Crippen LogP contribution in [0.3, 0.4) is 0 Å². The fourth-order valence-electron chi connectivity index (χ4n) is 2.15. The molecule has 3 rings (SSSR count). The second-order valence-electron chi connectivity index (χ2n) is 4.62. The standard InChI is InChI=1S/C14H15N5/c1-9-5-12-13(6-10(9)2)19(8-16-12)14-11(7-15)3-4-17-18-14/h3-6,8H,7,15H2,1-2H3. The second kappa shape index (κ2) is 4.44. The van der Waals surface area contributed by atoms with Crippen LogP contribution in [-0.2, 0) is 6.54 Å². The molecule has 19 heavy (non-hydrogen) atoms. The van der Waals surface area contributed by atoms with Gasteiger partial charge in [-0.05, 0) is 43.2 Å². The molecule has 5 nitrogen and oxygen atoms in total. The predicted molar refractivity (Wildman–Crippen MR) is 74.0 cm³/mol. The number of hydrogen-bond acceptors (Lipinski definition) is 4. The van der Waals surface area contributed by atoms with E-state index in [1.165, 1.54) is 11.1 Å². The molecule has 2 aromatic heterocycles. The average molecular weight is 253 g/mol. The van der Waals surface area contributed by atoms with Crippen molar-refractivity contribution >= 4 is 11.0 Å². The van der Waals surface area contributed by atoms with Gasteiger partial charge in [-0.1, -0.05) is 0 Å². The third-order valence-corrected chi connectivity index (χ3v) is 3.39. The molecule has 0 bridgehead atoms. The molecular formula is C14H15N5. The first kappa shape index (κ1) is 11.8. The van der Waals surface area contributed by atoms with Crippen LogP contribution in [0.15, 0.2) is 30.7 Å². The highest BCUT2D eigenvalue weighted by Crippen LogP contribution is 2.22. The lowest BCUT2D eigenvalue weighted by atomic mass is 10.1. The van der Waals surface area contributed by atoms with Crippen molar-refractivity contribution in [3.05, 3.63) is 47.4 Å². The third-order valence-electron chi connectivity index (χ3n) is 3.39. The van der Waals surface area contributed by atoms with Crippen LogP contribution in [0.1, 0.15) is 16.7 Å². The molecule has 2 N–H and O–H groups in total. The van der Waals surface area contributed by atoms with Crippen LogP contribution >= 0.6 is 0 Å². The van der Waals surface area contributed by atoms with E-state index in [9.17, 15) is 0 Å². The summed E-state index contributed by atoms with van der Waals surface area (Å²) >= 11 is 0. The first-order chi connectivity index (χ1) is 9.20. The lowest BCUT2D eigenvalue weighted by Crippen LogP contribution is -2.07. The predicted octanol–water partition coefficient (Wildman–Crippen LogP) is 1.89. The summed E-state index contributed by atoms with van der Waals surface area (Å²) in [6, 6.07) is 6.08. The van der Waals surface area contributed by atoms with Crippen LogP contribution in [0, 0.1) is 13.8 Å². The summed E-state index contributed by atoms with van der Waals surface area (Å²) in [6.07, 6.45) is 3.42. The number of rotatable bonds is 2. The summed E-state index contributed by atoms with van der Waals surface area (Å²) in [5.41, 5.74) is 11.1. The van der Waals surface area contributed by atoms with Gasteiger partial charge in [0.05, 0.1) is 17.2 Å². The largest absolute Gasteiger partial charge is 0.326 e. The second-order valence-corrected chi connectivity index (χ2v) is 4.62. The number of aromatic nitrogens is 4. The Kier molecular flexibility index (Phi) is 2.76. The van der Waals surface area contributed by atoms with Crippen LogP contribution in [0.2, 0.25) is 0 Å². The van der Waals surface area contributed by atoms with Gasteiger partial charge in [-0.25, -0.2) is 4.98 Å². The van der Waals surface area contributed by atoms with Crippen molar-refractivity contribution in [2.45, 2.75) is 20.4 Å². The molecule has 0 aliphatic carbocycles. The Bertz CT molecular complexity index is 745. The molecule has 96 valence electrons. The van der Waals surface area contributed by atoms with E-state index in [-0.39, 0.29) is 0 Å². The molecule has 5 heteroatoms. The van der Waals surface area contributed by atoms with Gasteiger partial charge in [-0.2, -0.15) is 5.10 Å². The molecule has 0 saturated heterocycles. The van der Waals surface area contributed by atoms with Gasteiger partial charge in [0.1, 0.15) is 6.33 Å². The van der Waals surface area contributed by atoms with Crippen LogP contribution < -0.4 is 5.73 Å². The lowest BCUT2D eigenvalue weighted by molar-refractivity contribution is 0.883. The molecule has 0 atom stereocenters. The van der Waals surface area contributed by atoms with E-state index in [2.05, 4.69) is 41.2 Å². The number of benzene rings is 1. The number of imidazole rings is 1. The summed E-state index contributed by atoms with van der Waals surface area (Å²) in [7, 11) is 0. The maximum Gasteiger partial charge on any atom is 0.165 e. The van der Waals surface area contributed by atoms with E-state index in [0.717, 1.165) is 22.4 Å². The fraction of sp³-hybridized carbons (Fsp3) is 0.214. The molecule has 0 aliphatic rings. The van der Waals surface area contributed by atoms with Crippen molar-refractivity contribution in [1.29, 1.82) is 0 Å². The van der Waals surface area contributed by atoms with E-state index in [1.807, 2.05) is 10.6 Å². The fourth-order valence-corrected chi connectivity index (χ4v) is 2.15. The highest BCUT2D eigenvalue weighted by Gasteiger charge is 2.10. The van der Waals surface area contributed by atoms with Crippen molar-refractivity contribution in [3.63, 3.8) is 0 Å². The van der Waals surface area contributed by atoms with E-state index in [1.54, 1.807) is 12.5 Å². The Morgan fingerprint density at radius 2 is 2.00 bits per heavy atom. The molecule has 0 aliphatic heterocycles. The molecule has 2 heterocycles. The molecule has 0 radical (unpaired) electrons. The maximum absolute atomic E-state index is 5.75. The van der Waals surface area contributed by atoms with Crippen molar-refractivity contribution < 1.29 is 0 Å². The molecule has 0 amide bonds. The minimum Gasteiger partial charge on any atom is -0.326 e. The number of hydrogen-bond donors (Lipinski definition) is 1.